The van der Waals surface area contributed by atoms with Gasteiger partial charge in [0.15, 0.2) is 11.5 Å². The van der Waals surface area contributed by atoms with E-state index >= 15 is 0 Å². The number of ether oxygens (including phenoxy) is 3. The summed E-state index contributed by atoms with van der Waals surface area (Å²) in [5, 5.41) is 3.99. The van der Waals surface area contributed by atoms with Crippen LogP contribution in [0.4, 0.5) is 0 Å². The number of amides is 1. The number of terminal acetylenes is 1. The molecule has 28 heavy (non-hydrogen) atoms. The molecular weight excluding hydrogens is 424 g/mol. The van der Waals surface area contributed by atoms with Crippen LogP contribution in [0.2, 0.25) is 0 Å². The van der Waals surface area contributed by atoms with E-state index < -0.39 is 5.91 Å². The monoisotopic (exact) mass is 442 g/mol. The maximum Gasteiger partial charge on any atom is 0.271 e. The van der Waals surface area contributed by atoms with Crippen LogP contribution in [-0.2, 0) is 0 Å². The third-order valence-corrected chi connectivity index (χ3v) is 3.93. The van der Waals surface area contributed by atoms with Crippen LogP contribution in [0.15, 0.2) is 58.6 Å². The summed E-state index contributed by atoms with van der Waals surface area (Å²) in [6.07, 6.45) is 8.33. The van der Waals surface area contributed by atoms with E-state index in [4.69, 9.17) is 20.6 Å². The number of methoxy groups -OCH3 is 1. The molecule has 144 valence electrons. The number of hydrazone groups is 1. The van der Waals surface area contributed by atoms with E-state index in [-0.39, 0.29) is 6.61 Å². The number of nitrogens with one attached hydrogen (secondary N) is 1. The second-order valence-electron chi connectivity index (χ2n) is 5.34. The third-order valence-electron chi connectivity index (χ3n) is 3.44. The molecule has 0 fully saturated rings. The Bertz CT molecular complexity index is 919. The van der Waals surface area contributed by atoms with Crippen molar-refractivity contribution in [2.75, 3.05) is 20.3 Å². The molecule has 2 aromatic carbocycles. The molecule has 2 rings (SSSR count). The maximum atomic E-state index is 12.3. The van der Waals surface area contributed by atoms with Crippen LogP contribution in [0.25, 0.3) is 0 Å². The van der Waals surface area contributed by atoms with E-state index in [1.54, 1.807) is 36.4 Å². The Labute approximate surface area is 172 Å². The topological polar surface area (TPSA) is 69.2 Å². The van der Waals surface area contributed by atoms with Gasteiger partial charge >= 0.3 is 0 Å². The summed E-state index contributed by atoms with van der Waals surface area (Å²) in [6.45, 7) is 4.07. The minimum Gasteiger partial charge on any atom is -0.493 e. The first-order valence-corrected chi connectivity index (χ1v) is 8.99. The highest BCUT2D eigenvalue weighted by Crippen LogP contribution is 2.28. The molecule has 0 radical (unpaired) electrons. The minimum atomic E-state index is -0.397. The standard InChI is InChI=1S/C21H19BrN2O4/c1-4-10-27-18-9-7-17(22)12-16(18)14-23-24-21(25)15-6-8-19(28-11-5-2)20(13-15)26-3/h1,5-9,12-14H,2,10-11H2,3H3,(H,24,25)/b23-14+. The van der Waals surface area contributed by atoms with Gasteiger partial charge in [-0.15, -0.1) is 6.42 Å². The first-order chi connectivity index (χ1) is 13.6. The number of benzene rings is 2. The van der Waals surface area contributed by atoms with Crippen LogP contribution in [0.1, 0.15) is 15.9 Å². The van der Waals surface area contributed by atoms with E-state index in [0.29, 0.717) is 35.0 Å². The Kier molecular flexibility index (Phi) is 8.12. The average Bonchev–Trinajstić information content (AvgIpc) is 2.71. The van der Waals surface area contributed by atoms with Gasteiger partial charge in [-0.25, -0.2) is 5.43 Å². The Balaban J connectivity index is 2.10. The van der Waals surface area contributed by atoms with Gasteiger partial charge in [-0.3, -0.25) is 4.79 Å². The van der Waals surface area contributed by atoms with Crippen molar-refractivity contribution in [3.63, 3.8) is 0 Å². The second-order valence-corrected chi connectivity index (χ2v) is 6.26. The fourth-order valence-corrected chi connectivity index (χ4v) is 2.55. The zero-order valence-corrected chi connectivity index (χ0v) is 16.9. The van der Waals surface area contributed by atoms with Gasteiger partial charge in [0.2, 0.25) is 0 Å². The number of carbonyl (C=O) groups excluding carboxylic acids is 1. The average molecular weight is 443 g/mol. The molecule has 0 spiro atoms. The number of hydrogen-bond donors (Lipinski definition) is 1. The maximum absolute atomic E-state index is 12.3. The van der Waals surface area contributed by atoms with Crippen LogP contribution in [0.5, 0.6) is 17.2 Å². The summed E-state index contributed by atoms with van der Waals surface area (Å²) in [7, 11) is 1.50. The van der Waals surface area contributed by atoms with Crippen molar-refractivity contribution >= 4 is 28.1 Å². The number of rotatable bonds is 9. The molecule has 2 aromatic rings. The SMILES string of the molecule is C#CCOc1ccc(Br)cc1/C=N/NC(=O)c1ccc(OCC=C)c(OC)c1. The molecule has 1 N–H and O–H groups in total. The van der Waals surface area contributed by atoms with Crippen LogP contribution < -0.4 is 19.6 Å². The highest BCUT2D eigenvalue weighted by atomic mass is 79.9. The lowest BCUT2D eigenvalue weighted by Gasteiger charge is -2.10. The van der Waals surface area contributed by atoms with Crippen molar-refractivity contribution in [3.8, 4) is 29.6 Å². The van der Waals surface area contributed by atoms with Crippen molar-refractivity contribution < 1.29 is 19.0 Å². The molecule has 0 atom stereocenters. The predicted molar refractivity (Wildman–Crippen MR) is 112 cm³/mol. The zero-order valence-electron chi connectivity index (χ0n) is 15.3. The molecular formula is C21H19BrN2O4. The molecule has 6 nitrogen and oxygen atoms in total. The Morgan fingerprint density at radius 3 is 2.75 bits per heavy atom. The van der Waals surface area contributed by atoms with Crippen LogP contribution in [0, 0.1) is 12.3 Å². The lowest BCUT2D eigenvalue weighted by atomic mass is 10.2. The Morgan fingerprint density at radius 1 is 1.25 bits per heavy atom. The summed E-state index contributed by atoms with van der Waals surface area (Å²) >= 11 is 3.39. The van der Waals surface area contributed by atoms with Crippen LogP contribution in [0.3, 0.4) is 0 Å². The summed E-state index contributed by atoms with van der Waals surface area (Å²) in [4.78, 5) is 12.3. The van der Waals surface area contributed by atoms with Crippen LogP contribution >= 0.6 is 15.9 Å². The molecule has 0 bridgehead atoms. The van der Waals surface area contributed by atoms with Gasteiger partial charge in [0.1, 0.15) is 19.0 Å². The molecule has 0 heterocycles. The number of carbonyl (C=O) groups is 1. The Morgan fingerprint density at radius 2 is 2.04 bits per heavy atom. The number of nitrogens with zero attached hydrogens (tertiary/aromatic N) is 1. The van der Waals surface area contributed by atoms with E-state index in [2.05, 4.69) is 39.0 Å². The summed E-state index contributed by atoms with van der Waals surface area (Å²) < 4.78 is 17.0. The van der Waals surface area contributed by atoms with Crippen molar-refractivity contribution in [1.29, 1.82) is 0 Å². The zero-order chi connectivity index (χ0) is 20.4. The van der Waals surface area contributed by atoms with Gasteiger partial charge in [0.25, 0.3) is 5.91 Å². The summed E-state index contributed by atoms with van der Waals surface area (Å²) in [6, 6.07) is 10.2. The molecule has 0 aromatic heterocycles. The Hall–Kier alpha value is -3.24. The van der Waals surface area contributed by atoms with E-state index in [0.717, 1.165) is 4.47 Å². The van der Waals surface area contributed by atoms with Gasteiger partial charge in [0.05, 0.1) is 13.3 Å². The molecule has 0 aliphatic heterocycles. The number of hydrogen-bond acceptors (Lipinski definition) is 5. The molecule has 0 saturated heterocycles. The summed E-state index contributed by atoms with van der Waals surface area (Å²) in [5.74, 6) is 3.53. The lowest BCUT2D eigenvalue weighted by molar-refractivity contribution is 0.0954. The second kappa shape index (κ2) is 10.8. The van der Waals surface area contributed by atoms with Crippen molar-refractivity contribution in [3.05, 3.63) is 64.7 Å². The van der Waals surface area contributed by atoms with Gasteiger partial charge in [-0.1, -0.05) is 34.5 Å². The van der Waals surface area contributed by atoms with Gasteiger partial charge in [-0.05, 0) is 36.4 Å². The van der Waals surface area contributed by atoms with Crippen molar-refractivity contribution in [1.82, 2.24) is 5.43 Å². The molecule has 0 unspecified atom stereocenters. The first kappa shape index (κ1) is 21.1. The smallest absolute Gasteiger partial charge is 0.271 e. The molecule has 7 heteroatoms. The van der Waals surface area contributed by atoms with Gasteiger partial charge in [0, 0.05) is 15.6 Å². The lowest BCUT2D eigenvalue weighted by Crippen LogP contribution is -2.17. The fraction of sp³-hybridized carbons (Fsp3) is 0.143. The fourth-order valence-electron chi connectivity index (χ4n) is 2.17. The first-order valence-electron chi connectivity index (χ1n) is 8.20. The molecule has 0 aliphatic rings. The highest BCUT2D eigenvalue weighted by Gasteiger charge is 2.11. The van der Waals surface area contributed by atoms with Crippen molar-refractivity contribution in [2.45, 2.75) is 0 Å². The normalized spacial score (nSPS) is 10.2. The van der Waals surface area contributed by atoms with E-state index in [1.165, 1.54) is 13.3 Å². The molecule has 1 amide bonds. The van der Waals surface area contributed by atoms with Crippen molar-refractivity contribution in [2.24, 2.45) is 5.10 Å². The van der Waals surface area contributed by atoms with Crippen LogP contribution in [-0.4, -0.2) is 32.4 Å². The third kappa shape index (κ3) is 5.89. The summed E-state index contributed by atoms with van der Waals surface area (Å²) in [5.41, 5.74) is 3.51. The van der Waals surface area contributed by atoms with E-state index in [1.807, 2.05) is 6.07 Å². The molecule has 0 saturated carbocycles. The predicted octanol–water partition coefficient (Wildman–Crippen LogP) is 3.80. The van der Waals surface area contributed by atoms with Gasteiger partial charge in [-0.2, -0.15) is 5.10 Å². The highest BCUT2D eigenvalue weighted by molar-refractivity contribution is 9.10. The van der Waals surface area contributed by atoms with E-state index in [9.17, 15) is 4.79 Å². The quantitative estimate of drug-likeness (QED) is 0.277. The minimum absolute atomic E-state index is 0.134. The largest absolute Gasteiger partial charge is 0.493 e. The van der Waals surface area contributed by atoms with Gasteiger partial charge < -0.3 is 14.2 Å². The number of halogens is 1. The molecule has 0 aliphatic carbocycles.